The molecular weight excluding hydrogens is 310 g/mol. The van der Waals surface area contributed by atoms with E-state index in [1.165, 1.54) is 16.7 Å². The third kappa shape index (κ3) is 3.46. The topological polar surface area (TPSA) is 49.3 Å². The van der Waals surface area contributed by atoms with E-state index in [1.807, 2.05) is 0 Å². The largest absolute Gasteiger partial charge is 0.478 e. The van der Waals surface area contributed by atoms with Crippen LogP contribution < -0.4 is 5.32 Å². The quantitative estimate of drug-likeness (QED) is 0.762. The zero-order valence-corrected chi connectivity index (χ0v) is 15.3. The van der Waals surface area contributed by atoms with Gasteiger partial charge in [0.25, 0.3) is 0 Å². The second-order valence-electron chi connectivity index (χ2n) is 7.89. The molecule has 0 heterocycles. The molecule has 0 aliphatic heterocycles. The van der Waals surface area contributed by atoms with Gasteiger partial charge in [0.15, 0.2) is 0 Å². The predicted molar refractivity (Wildman–Crippen MR) is 102 cm³/mol. The maximum atomic E-state index is 10.9. The molecule has 0 bridgehead atoms. The minimum Gasteiger partial charge on any atom is -0.478 e. The smallest absolute Gasteiger partial charge is 0.335 e. The average molecular weight is 335 g/mol. The van der Waals surface area contributed by atoms with Crippen LogP contribution in [-0.4, -0.2) is 11.1 Å². The van der Waals surface area contributed by atoms with E-state index in [9.17, 15) is 4.79 Å². The fraction of sp³-hybridized carbons (Fsp3) is 0.318. The number of hydrogen-bond donors (Lipinski definition) is 2. The first-order valence-electron chi connectivity index (χ1n) is 8.60. The van der Waals surface area contributed by atoms with Crippen molar-refractivity contribution in [1.29, 1.82) is 0 Å². The van der Waals surface area contributed by atoms with Crippen LogP contribution in [0.25, 0.3) is 0 Å². The maximum absolute atomic E-state index is 10.9. The summed E-state index contributed by atoms with van der Waals surface area (Å²) in [5, 5.41) is 12.3. The van der Waals surface area contributed by atoms with E-state index in [0.29, 0.717) is 12.1 Å². The van der Waals surface area contributed by atoms with Gasteiger partial charge in [0.1, 0.15) is 0 Å². The van der Waals surface area contributed by atoms with Crippen molar-refractivity contribution in [3.63, 3.8) is 0 Å². The fourth-order valence-electron chi connectivity index (χ4n) is 3.33. The minimum atomic E-state index is -0.904. The molecule has 0 amide bonds. The summed E-state index contributed by atoms with van der Waals surface area (Å²) in [5.74, 6) is -0.904. The summed E-state index contributed by atoms with van der Waals surface area (Å²) >= 11 is 0. The van der Waals surface area contributed by atoms with E-state index in [1.54, 1.807) is 24.3 Å². The highest BCUT2D eigenvalue weighted by atomic mass is 16.4. The molecular formula is C22H25NO2. The van der Waals surface area contributed by atoms with Crippen molar-refractivity contribution in [3.8, 4) is 0 Å². The number of fused-ring (bicyclic) bond motifs is 1. The van der Waals surface area contributed by atoms with Crippen LogP contribution in [0.4, 0.5) is 5.69 Å². The highest BCUT2D eigenvalue weighted by Crippen LogP contribution is 2.41. The zero-order valence-electron chi connectivity index (χ0n) is 15.3. The van der Waals surface area contributed by atoms with Crippen molar-refractivity contribution >= 4 is 11.7 Å². The first kappa shape index (κ1) is 17.3. The van der Waals surface area contributed by atoms with Gasteiger partial charge >= 0.3 is 5.97 Å². The molecule has 0 spiro atoms. The van der Waals surface area contributed by atoms with Crippen LogP contribution in [0.2, 0.25) is 0 Å². The van der Waals surface area contributed by atoms with E-state index in [0.717, 1.165) is 5.69 Å². The lowest BCUT2D eigenvalue weighted by Crippen LogP contribution is -2.29. The van der Waals surface area contributed by atoms with Crippen molar-refractivity contribution in [3.05, 3.63) is 76.9 Å². The highest BCUT2D eigenvalue weighted by Gasteiger charge is 2.32. The molecule has 0 fully saturated rings. The molecule has 0 radical (unpaired) electrons. The monoisotopic (exact) mass is 335 g/mol. The van der Waals surface area contributed by atoms with Gasteiger partial charge in [0.2, 0.25) is 0 Å². The highest BCUT2D eigenvalue weighted by molar-refractivity contribution is 5.88. The number of benzene rings is 2. The summed E-state index contributed by atoms with van der Waals surface area (Å²) in [7, 11) is 0. The van der Waals surface area contributed by atoms with Crippen molar-refractivity contribution in [1.82, 2.24) is 0 Å². The van der Waals surface area contributed by atoms with E-state index in [4.69, 9.17) is 5.11 Å². The normalized spacial score (nSPS) is 17.0. The van der Waals surface area contributed by atoms with Gasteiger partial charge < -0.3 is 10.4 Å². The number of carboxylic acid groups (broad SMARTS) is 1. The molecule has 0 atom stereocenters. The van der Waals surface area contributed by atoms with Gasteiger partial charge in [-0.25, -0.2) is 4.79 Å². The van der Waals surface area contributed by atoms with Crippen LogP contribution in [0, 0.1) is 0 Å². The molecule has 3 nitrogen and oxygen atoms in total. The molecule has 130 valence electrons. The first-order chi connectivity index (χ1) is 11.7. The number of rotatable bonds is 4. The molecule has 0 saturated carbocycles. The Balaban J connectivity index is 1.80. The summed E-state index contributed by atoms with van der Waals surface area (Å²) in [6.07, 6.45) is 4.61. The second kappa shape index (κ2) is 6.07. The van der Waals surface area contributed by atoms with E-state index < -0.39 is 5.97 Å². The average Bonchev–Trinajstić information content (AvgIpc) is 2.57. The van der Waals surface area contributed by atoms with Crippen LogP contribution in [0.15, 0.2) is 54.6 Å². The number of allylic oxidation sites excluding steroid dienone is 2. The Bertz CT molecular complexity index is 830. The molecule has 3 rings (SSSR count). The molecule has 2 N–H and O–H groups in total. The lowest BCUT2D eigenvalue weighted by atomic mass is 9.68. The number of carbonyl (C=O) groups is 1. The molecule has 0 saturated heterocycles. The molecule has 25 heavy (non-hydrogen) atoms. The standard InChI is InChI=1S/C22H25NO2/c1-21(2)11-12-22(3,4)19-13-15(5-10-18(19)21)14-23-17-8-6-16(7-9-17)20(24)25/h5-13,23H,14H2,1-4H3,(H,24,25). The number of nitrogens with one attached hydrogen (secondary N) is 1. The molecule has 1 aliphatic rings. The van der Waals surface area contributed by atoms with Gasteiger partial charge in [-0.15, -0.1) is 0 Å². The molecule has 0 aromatic heterocycles. The van der Waals surface area contributed by atoms with Crippen molar-refractivity contribution in [2.45, 2.75) is 45.1 Å². The third-order valence-corrected chi connectivity index (χ3v) is 5.02. The van der Waals surface area contributed by atoms with Gasteiger partial charge in [0, 0.05) is 23.1 Å². The zero-order chi connectivity index (χ0) is 18.2. The van der Waals surface area contributed by atoms with Crippen molar-refractivity contribution in [2.24, 2.45) is 0 Å². The first-order valence-corrected chi connectivity index (χ1v) is 8.60. The lowest BCUT2D eigenvalue weighted by molar-refractivity contribution is 0.0697. The predicted octanol–water partition coefficient (Wildman–Crippen LogP) is 5.12. The van der Waals surface area contributed by atoms with Gasteiger partial charge in [-0.3, -0.25) is 0 Å². The second-order valence-corrected chi connectivity index (χ2v) is 7.89. The van der Waals surface area contributed by atoms with Crippen LogP contribution in [0.5, 0.6) is 0 Å². The Morgan fingerprint density at radius 3 is 2.12 bits per heavy atom. The van der Waals surface area contributed by atoms with Crippen molar-refractivity contribution < 1.29 is 9.90 Å². The molecule has 2 aromatic rings. The van der Waals surface area contributed by atoms with Crippen LogP contribution in [0.1, 0.15) is 54.7 Å². The van der Waals surface area contributed by atoms with Crippen LogP contribution in [0.3, 0.4) is 0 Å². The van der Waals surface area contributed by atoms with Gasteiger partial charge in [-0.05, 0) is 41.0 Å². The van der Waals surface area contributed by atoms with Gasteiger partial charge in [-0.1, -0.05) is 58.0 Å². The summed E-state index contributed by atoms with van der Waals surface area (Å²) in [4.78, 5) is 10.9. The summed E-state index contributed by atoms with van der Waals surface area (Å²) in [6, 6.07) is 13.6. The van der Waals surface area contributed by atoms with Crippen LogP contribution in [-0.2, 0) is 17.4 Å². The lowest BCUT2D eigenvalue weighted by Gasteiger charge is -2.37. The molecule has 2 aromatic carbocycles. The SMILES string of the molecule is CC1(C)C=CC(C)(C)c2cc(CNc3ccc(C(=O)O)cc3)ccc21. The minimum absolute atomic E-state index is 0.0317. The number of carboxylic acids is 1. The summed E-state index contributed by atoms with van der Waals surface area (Å²) in [6.45, 7) is 9.71. The Hall–Kier alpha value is -2.55. The number of hydrogen-bond acceptors (Lipinski definition) is 2. The molecule has 0 unspecified atom stereocenters. The van der Waals surface area contributed by atoms with Gasteiger partial charge in [-0.2, -0.15) is 0 Å². The molecule has 3 heteroatoms. The van der Waals surface area contributed by atoms with Gasteiger partial charge in [0.05, 0.1) is 5.56 Å². The Kier molecular flexibility index (Phi) is 4.19. The Labute approximate surface area is 149 Å². The van der Waals surface area contributed by atoms with Crippen LogP contribution >= 0.6 is 0 Å². The summed E-state index contributed by atoms with van der Waals surface area (Å²) < 4.78 is 0. The number of anilines is 1. The van der Waals surface area contributed by atoms with E-state index in [-0.39, 0.29) is 10.8 Å². The van der Waals surface area contributed by atoms with E-state index >= 15 is 0 Å². The molecule has 1 aliphatic carbocycles. The number of aromatic carboxylic acids is 1. The maximum Gasteiger partial charge on any atom is 0.335 e. The third-order valence-electron chi connectivity index (χ3n) is 5.02. The fourth-order valence-corrected chi connectivity index (χ4v) is 3.33. The Morgan fingerprint density at radius 1 is 0.920 bits per heavy atom. The Morgan fingerprint density at radius 2 is 1.52 bits per heavy atom. The van der Waals surface area contributed by atoms with Crippen molar-refractivity contribution in [2.75, 3.05) is 5.32 Å². The summed E-state index contributed by atoms with van der Waals surface area (Å²) in [5.41, 5.74) is 5.29. The van der Waals surface area contributed by atoms with E-state index in [2.05, 4.69) is 63.4 Å².